The highest BCUT2D eigenvalue weighted by Gasteiger charge is 2.34. The maximum atomic E-state index is 12.8. The molecule has 4 rings (SSSR count). The molecule has 0 saturated heterocycles. The Bertz CT molecular complexity index is 1090. The molecular formula is C19H16F3N5O2. The molecule has 3 aromatic heterocycles. The highest BCUT2D eigenvalue weighted by atomic mass is 19.4. The quantitative estimate of drug-likeness (QED) is 0.668. The number of alkyl halides is 3. The first-order valence-electron chi connectivity index (χ1n) is 8.65. The number of rotatable bonds is 4. The molecule has 0 atom stereocenters. The summed E-state index contributed by atoms with van der Waals surface area (Å²) >= 11 is 0. The predicted molar refractivity (Wildman–Crippen MR) is 97.6 cm³/mol. The molecule has 1 aliphatic heterocycles. The van der Waals surface area contributed by atoms with Gasteiger partial charge in [0.2, 0.25) is 0 Å². The van der Waals surface area contributed by atoms with Gasteiger partial charge in [0.1, 0.15) is 12.3 Å². The molecule has 0 spiro atoms. The number of carbonyl (C=O) groups excluding carboxylic acids is 1. The predicted octanol–water partition coefficient (Wildman–Crippen LogP) is 3.38. The van der Waals surface area contributed by atoms with E-state index in [1.54, 1.807) is 31.5 Å². The Balaban J connectivity index is 1.65. The van der Waals surface area contributed by atoms with Gasteiger partial charge in [-0.1, -0.05) is 0 Å². The number of amides is 1. The monoisotopic (exact) mass is 403 g/mol. The van der Waals surface area contributed by atoms with Gasteiger partial charge in [-0.3, -0.25) is 19.7 Å². The smallest absolute Gasteiger partial charge is 0.406 e. The van der Waals surface area contributed by atoms with Gasteiger partial charge < -0.3 is 9.30 Å². The standard InChI is InChI=1S/C19H16F3N5O2/c1-11-3-14(12-4-13(29-2)6-23-5-12)25-15-7-27(18(28)17(11)15)16-8-26(10-24-16)9-19(20,21)22/h3-6,8,10H,7,9H2,1-2H3. The van der Waals surface area contributed by atoms with E-state index in [1.165, 1.54) is 18.2 Å². The number of halogens is 3. The van der Waals surface area contributed by atoms with Gasteiger partial charge in [0.05, 0.1) is 43.1 Å². The largest absolute Gasteiger partial charge is 0.495 e. The van der Waals surface area contributed by atoms with Crippen LogP contribution in [-0.4, -0.2) is 38.7 Å². The molecule has 7 nitrogen and oxygen atoms in total. The number of imidazole rings is 1. The molecule has 1 aliphatic rings. The van der Waals surface area contributed by atoms with E-state index in [1.807, 2.05) is 0 Å². The van der Waals surface area contributed by atoms with Crippen molar-refractivity contribution in [1.29, 1.82) is 0 Å². The molecule has 0 bridgehead atoms. The lowest BCUT2D eigenvalue weighted by Gasteiger charge is -2.11. The van der Waals surface area contributed by atoms with Crippen LogP contribution in [0.2, 0.25) is 0 Å². The summed E-state index contributed by atoms with van der Waals surface area (Å²) < 4.78 is 43.8. The van der Waals surface area contributed by atoms with Crippen LogP contribution >= 0.6 is 0 Å². The molecule has 3 aromatic rings. The van der Waals surface area contributed by atoms with Gasteiger partial charge in [0.15, 0.2) is 5.82 Å². The van der Waals surface area contributed by atoms with Crippen LogP contribution in [-0.2, 0) is 13.1 Å². The maximum absolute atomic E-state index is 12.8. The van der Waals surface area contributed by atoms with Crippen LogP contribution in [0, 0.1) is 6.92 Å². The molecule has 0 radical (unpaired) electrons. The van der Waals surface area contributed by atoms with Crippen molar-refractivity contribution in [3.8, 4) is 17.0 Å². The molecule has 150 valence electrons. The third kappa shape index (κ3) is 3.65. The van der Waals surface area contributed by atoms with Crippen molar-refractivity contribution in [1.82, 2.24) is 19.5 Å². The zero-order chi connectivity index (χ0) is 20.8. The van der Waals surface area contributed by atoms with E-state index in [2.05, 4.69) is 15.0 Å². The highest BCUT2D eigenvalue weighted by molar-refractivity contribution is 6.10. The first-order chi connectivity index (χ1) is 13.7. The lowest BCUT2D eigenvalue weighted by atomic mass is 10.1. The number of carbonyl (C=O) groups is 1. The van der Waals surface area contributed by atoms with Gasteiger partial charge in [-0.2, -0.15) is 13.2 Å². The first kappa shape index (κ1) is 18.9. The van der Waals surface area contributed by atoms with Crippen LogP contribution in [0.5, 0.6) is 5.75 Å². The summed E-state index contributed by atoms with van der Waals surface area (Å²) in [6.07, 6.45) is 1.12. The molecule has 0 N–H and O–H groups in total. The van der Waals surface area contributed by atoms with E-state index >= 15 is 0 Å². The number of nitrogens with zero attached hydrogens (tertiary/aromatic N) is 5. The second-order valence-electron chi connectivity index (χ2n) is 6.67. The Morgan fingerprint density at radius 2 is 2.03 bits per heavy atom. The molecule has 0 aliphatic carbocycles. The van der Waals surface area contributed by atoms with E-state index < -0.39 is 12.7 Å². The van der Waals surface area contributed by atoms with Gasteiger partial charge >= 0.3 is 6.18 Å². The Labute approximate surface area is 163 Å². The number of pyridine rings is 2. The van der Waals surface area contributed by atoms with Gasteiger partial charge in [0.25, 0.3) is 5.91 Å². The number of aryl methyl sites for hydroxylation is 1. The minimum absolute atomic E-state index is 0.128. The number of hydrogen-bond donors (Lipinski definition) is 0. The Hall–Kier alpha value is -3.43. The minimum atomic E-state index is -4.37. The fourth-order valence-corrected chi connectivity index (χ4v) is 3.29. The SMILES string of the molecule is COc1cncc(-c2cc(C)c3c(n2)CN(c2cn(CC(F)(F)F)cn2)C3=O)c1. The summed E-state index contributed by atoms with van der Waals surface area (Å²) in [5, 5.41) is 0. The molecular weight excluding hydrogens is 387 g/mol. The molecule has 0 aromatic carbocycles. The van der Waals surface area contributed by atoms with E-state index in [9.17, 15) is 18.0 Å². The number of aromatic nitrogens is 4. The van der Waals surface area contributed by atoms with Crippen molar-refractivity contribution in [3.63, 3.8) is 0 Å². The second-order valence-corrected chi connectivity index (χ2v) is 6.67. The van der Waals surface area contributed by atoms with Gasteiger partial charge in [0, 0.05) is 18.0 Å². The van der Waals surface area contributed by atoms with Crippen molar-refractivity contribution in [2.24, 2.45) is 0 Å². The van der Waals surface area contributed by atoms with E-state index in [-0.39, 0.29) is 18.3 Å². The van der Waals surface area contributed by atoms with Crippen molar-refractivity contribution in [2.75, 3.05) is 12.0 Å². The number of anilines is 1. The zero-order valence-corrected chi connectivity index (χ0v) is 15.6. The Morgan fingerprint density at radius 1 is 1.24 bits per heavy atom. The van der Waals surface area contributed by atoms with Gasteiger partial charge in [-0.25, -0.2) is 4.98 Å². The highest BCUT2D eigenvalue weighted by Crippen LogP contribution is 2.32. The van der Waals surface area contributed by atoms with Crippen LogP contribution < -0.4 is 9.64 Å². The normalized spacial score (nSPS) is 13.7. The Kier molecular flexibility index (Phi) is 4.48. The average molecular weight is 403 g/mol. The topological polar surface area (TPSA) is 73.1 Å². The molecule has 1 amide bonds. The molecule has 10 heteroatoms. The molecule has 0 fully saturated rings. The minimum Gasteiger partial charge on any atom is -0.495 e. The third-order valence-electron chi connectivity index (χ3n) is 4.56. The summed E-state index contributed by atoms with van der Waals surface area (Å²) in [4.78, 5) is 26.8. The van der Waals surface area contributed by atoms with E-state index in [0.717, 1.165) is 22.0 Å². The first-order valence-corrected chi connectivity index (χ1v) is 8.65. The van der Waals surface area contributed by atoms with Crippen LogP contribution in [0.25, 0.3) is 11.3 Å². The molecule has 0 unspecified atom stereocenters. The van der Waals surface area contributed by atoms with Crippen LogP contribution in [0.3, 0.4) is 0 Å². The van der Waals surface area contributed by atoms with Crippen molar-refractivity contribution >= 4 is 11.7 Å². The summed E-state index contributed by atoms with van der Waals surface area (Å²) in [5.41, 5.74) is 3.06. The molecule has 0 saturated carbocycles. The Morgan fingerprint density at radius 3 is 2.76 bits per heavy atom. The number of hydrogen-bond acceptors (Lipinski definition) is 5. The molecule has 29 heavy (non-hydrogen) atoms. The fraction of sp³-hybridized carbons (Fsp3) is 0.263. The van der Waals surface area contributed by atoms with Crippen molar-refractivity contribution in [2.45, 2.75) is 26.2 Å². The summed E-state index contributed by atoms with van der Waals surface area (Å²) in [6, 6.07) is 3.56. The second kappa shape index (κ2) is 6.87. The van der Waals surface area contributed by atoms with Crippen molar-refractivity contribution < 1.29 is 22.7 Å². The van der Waals surface area contributed by atoms with Gasteiger partial charge in [-0.15, -0.1) is 0 Å². The number of ether oxygens (including phenoxy) is 1. The lowest BCUT2D eigenvalue weighted by Crippen LogP contribution is -2.23. The summed E-state index contributed by atoms with van der Waals surface area (Å²) in [6.45, 7) is 0.754. The fourth-order valence-electron chi connectivity index (χ4n) is 3.29. The number of fused-ring (bicyclic) bond motifs is 1. The van der Waals surface area contributed by atoms with Crippen LogP contribution in [0.4, 0.5) is 19.0 Å². The average Bonchev–Trinajstić information content (AvgIpc) is 3.24. The zero-order valence-electron chi connectivity index (χ0n) is 15.6. The van der Waals surface area contributed by atoms with Gasteiger partial charge in [-0.05, 0) is 24.6 Å². The van der Waals surface area contributed by atoms with Crippen molar-refractivity contribution in [3.05, 3.63) is 53.9 Å². The van der Waals surface area contributed by atoms with Crippen LogP contribution in [0.15, 0.2) is 37.1 Å². The lowest BCUT2D eigenvalue weighted by molar-refractivity contribution is -0.140. The van der Waals surface area contributed by atoms with E-state index in [0.29, 0.717) is 22.7 Å². The van der Waals surface area contributed by atoms with Crippen LogP contribution in [0.1, 0.15) is 21.6 Å². The third-order valence-corrected chi connectivity index (χ3v) is 4.56. The molecule has 4 heterocycles. The number of methoxy groups -OCH3 is 1. The maximum Gasteiger partial charge on any atom is 0.406 e. The summed E-state index contributed by atoms with van der Waals surface area (Å²) in [7, 11) is 1.54. The van der Waals surface area contributed by atoms with E-state index in [4.69, 9.17) is 4.74 Å². The summed E-state index contributed by atoms with van der Waals surface area (Å²) in [5.74, 6) is 0.397.